The normalized spacial score (nSPS) is 19.2. The summed E-state index contributed by atoms with van der Waals surface area (Å²) in [5.74, 6) is -0.143. The first-order valence-corrected chi connectivity index (χ1v) is 7.92. The summed E-state index contributed by atoms with van der Waals surface area (Å²) in [4.78, 5) is 16.6. The first kappa shape index (κ1) is 15.7. The van der Waals surface area contributed by atoms with E-state index in [0.717, 1.165) is 17.8 Å². The topological polar surface area (TPSA) is 23.6 Å². The number of nitrogens with zero attached hydrogens (tertiary/aromatic N) is 2. The molecule has 0 N–H and O–H groups in total. The minimum Gasteiger partial charge on any atom is -0.310 e. The predicted octanol–water partition coefficient (Wildman–Crippen LogP) is 3.37. The SMILES string of the molecule is Cc1ccccc1N1CCN(Cc2ccccc2F)C(C)C1=O. The lowest BCUT2D eigenvalue weighted by molar-refractivity contribution is -0.125. The Hall–Kier alpha value is -2.20. The number of aryl methyl sites for hydroxylation is 1. The number of piperazine rings is 1. The van der Waals surface area contributed by atoms with Crippen molar-refractivity contribution in [2.24, 2.45) is 0 Å². The number of benzene rings is 2. The molecule has 2 aromatic carbocycles. The maximum Gasteiger partial charge on any atom is 0.244 e. The van der Waals surface area contributed by atoms with Gasteiger partial charge in [-0.15, -0.1) is 0 Å². The van der Waals surface area contributed by atoms with Crippen molar-refractivity contribution in [1.29, 1.82) is 0 Å². The average Bonchev–Trinajstić information content (AvgIpc) is 2.55. The second-order valence-electron chi connectivity index (χ2n) is 6.01. The fourth-order valence-electron chi connectivity index (χ4n) is 3.08. The molecule has 1 heterocycles. The van der Waals surface area contributed by atoms with E-state index >= 15 is 0 Å². The molecule has 1 unspecified atom stereocenters. The Bertz CT molecular complexity index is 716. The van der Waals surface area contributed by atoms with Gasteiger partial charge < -0.3 is 4.90 Å². The minimum atomic E-state index is -0.261. The van der Waals surface area contributed by atoms with Crippen molar-refractivity contribution in [3.8, 4) is 0 Å². The summed E-state index contributed by atoms with van der Waals surface area (Å²) in [5.41, 5.74) is 2.70. The van der Waals surface area contributed by atoms with Gasteiger partial charge in [0.05, 0.1) is 6.04 Å². The standard InChI is InChI=1S/C19H21FN2O/c1-14-7-3-6-10-18(14)22-12-11-21(15(2)19(22)23)13-16-8-4-5-9-17(16)20/h3-10,15H,11-13H2,1-2H3. The molecule has 3 rings (SSSR count). The van der Waals surface area contributed by atoms with Gasteiger partial charge in [-0.25, -0.2) is 4.39 Å². The maximum absolute atomic E-state index is 13.8. The van der Waals surface area contributed by atoms with E-state index in [4.69, 9.17) is 0 Å². The molecule has 0 aliphatic carbocycles. The van der Waals surface area contributed by atoms with Crippen molar-refractivity contribution >= 4 is 11.6 Å². The Labute approximate surface area is 136 Å². The van der Waals surface area contributed by atoms with Crippen LogP contribution in [0.1, 0.15) is 18.1 Å². The minimum absolute atomic E-state index is 0.0712. The molecule has 3 nitrogen and oxygen atoms in total. The van der Waals surface area contributed by atoms with Crippen LogP contribution < -0.4 is 4.90 Å². The first-order valence-electron chi connectivity index (χ1n) is 7.92. The van der Waals surface area contributed by atoms with Gasteiger partial charge >= 0.3 is 0 Å². The highest BCUT2D eigenvalue weighted by molar-refractivity contribution is 5.98. The molecule has 0 bridgehead atoms. The summed E-state index contributed by atoms with van der Waals surface area (Å²) in [5, 5.41) is 0. The van der Waals surface area contributed by atoms with Crippen LogP contribution >= 0.6 is 0 Å². The van der Waals surface area contributed by atoms with E-state index < -0.39 is 0 Å². The van der Waals surface area contributed by atoms with Crippen molar-refractivity contribution in [3.05, 3.63) is 65.5 Å². The highest BCUT2D eigenvalue weighted by Crippen LogP contribution is 2.25. The van der Waals surface area contributed by atoms with Gasteiger partial charge in [-0.3, -0.25) is 9.69 Å². The number of amides is 1. The van der Waals surface area contributed by atoms with Crippen LogP contribution in [-0.4, -0.2) is 29.9 Å². The molecular formula is C19H21FN2O. The largest absolute Gasteiger partial charge is 0.310 e. The number of hydrogen-bond donors (Lipinski definition) is 0. The van der Waals surface area contributed by atoms with Gasteiger partial charge in [0, 0.05) is 30.9 Å². The van der Waals surface area contributed by atoms with Crippen LogP contribution in [0.2, 0.25) is 0 Å². The smallest absolute Gasteiger partial charge is 0.244 e. The van der Waals surface area contributed by atoms with Crippen molar-refractivity contribution < 1.29 is 9.18 Å². The molecule has 23 heavy (non-hydrogen) atoms. The Morgan fingerprint density at radius 1 is 1.09 bits per heavy atom. The number of carbonyl (C=O) groups is 1. The molecule has 0 spiro atoms. The van der Waals surface area contributed by atoms with Crippen molar-refractivity contribution in [1.82, 2.24) is 4.90 Å². The number of halogens is 1. The van der Waals surface area contributed by atoms with Crippen LogP contribution in [0.5, 0.6) is 0 Å². The summed E-state index contributed by atoms with van der Waals surface area (Å²) in [6.45, 7) is 5.73. The van der Waals surface area contributed by atoms with Crippen LogP contribution in [0.25, 0.3) is 0 Å². The molecule has 1 aliphatic rings. The monoisotopic (exact) mass is 312 g/mol. The van der Waals surface area contributed by atoms with Crippen molar-refractivity contribution in [3.63, 3.8) is 0 Å². The van der Waals surface area contributed by atoms with Gasteiger partial charge in [0.15, 0.2) is 0 Å². The number of anilines is 1. The fraction of sp³-hybridized carbons (Fsp3) is 0.316. The van der Waals surface area contributed by atoms with E-state index in [9.17, 15) is 9.18 Å². The number of carbonyl (C=O) groups excluding carboxylic acids is 1. The van der Waals surface area contributed by atoms with E-state index in [-0.39, 0.29) is 17.8 Å². The molecule has 0 aromatic heterocycles. The third-order valence-corrected chi connectivity index (χ3v) is 4.52. The van der Waals surface area contributed by atoms with Gasteiger partial charge in [0.25, 0.3) is 0 Å². The van der Waals surface area contributed by atoms with Crippen molar-refractivity contribution in [2.45, 2.75) is 26.4 Å². The molecule has 4 heteroatoms. The molecule has 1 atom stereocenters. The zero-order valence-corrected chi connectivity index (χ0v) is 13.5. The van der Waals surface area contributed by atoms with Crippen LogP contribution in [0.15, 0.2) is 48.5 Å². The molecule has 0 radical (unpaired) electrons. The van der Waals surface area contributed by atoms with E-state index in [0.29, 0.717) is 18.7 Å². The third kappa shape index (κ3) is 3.13. The second-order valence-corrected chi connectivity index (χ2v) is 6.01. The quantitative estimate of drug-likeness (QED) is 0.867. The summed E-state index contributed by atoms with van der Waals surface area (Å²) < 4.78 is 13.8. The second kappa shape index (κ2) is 6.50. The lowest BCUT2D eigenvalue weighted by atomic mass is 10.1. The Morgan fingerprint density at radius 2 is 1.78 bits per heavy atom. The van der Waals surface area contributed by atoms with Crippen LogP contribution in [0.4, 0.5) is 10.1 Å². The number of rotatable bonds is 3. The van der Waals surface area contributed by atoms with Crippen LogP contribution in [0.3, 0.4) is 0 Å². The van der Waals surface area contributed by atoms with Gasteiger partial charge in [-0.1, -0.05) is 36.4 Å². The zero-order valence-electron chi connectivity index (χ0n) is 13.5. The molecule has 1 saturated heterocycles. The third-order valence-electron chi connectivity index (χ3n) is 4.52. The Balaban J connectivity index is 1.77. The summed E-state index contributed by atoms with van der Waals surface area (Å²) >= 11 is 0. The highest BCUT2D eigenvalue weighted by Gasteiger charge is 2.32. The highest BCUT2D eigenvalue weighted by atomic mass is 19.1. The van der Waals surface area contributed by atoms with Gasteiger partial charge in [0.2, 0.25) is 5.91 Å². The molecule has 1 amide bonds. The van der Waals surface area contributed by atoms with Crippen molar-refractivity contribution in [2.75, 3.05) is 18.0 Å². The van der Waals surface area contributed by atoms with E-state index in [1.807, 2.05) is 54.0 Å². The zero-order chi connectivity index (χ0) is 16.4. The first-order chi connectivity index (χ1) is 11.1. The Kier molecular flexibility index (Phi) is 4.44. The lowest BCUT2D eigenvalue weighted by Crippen LogP contribution is -2.55. The summed E-state index contributed by atoms with van der Waals surface area (Å²) in [7, 11) is 0. The number of para-hydroxylation sites is 1. The molecule has 1 aliphatic heterocycles. The average molecular weight is 312 g/mol. The van der Waals surface area contributed by atoms with Gasteiger partial charge in [-0.2, -0.15) is 0 Å². The predicted molar refractivity (Wildman–Crippen MR) is 89.8 cm³/mol. The molecule has 1 fully saturated rings. The summed E-state index contributed by atoms with van der Waals surface area (Å²) in [6.07, 6.45) is 0. The Morgan fingerprint density at radius 3 is 2.52 bits per heavy atom. The molecular weight excluding hydrogens is 291 g/mol. The number of hydrogen-bond acceptors (Lipinski definition) is 2. The maximum atomic E-state index is 13.8. The van der Waals surface area contributed by atoms with Gasteiger partial charge in [0.1, 0.15) is 5.82 Å². The lowest BCUT2D eigenvalue weighted by Gasteiger charge is -2.39. The van der Waals surface area contributed by atoms with Crippen LogP contribution in [-0.2, 0) is 11.3 Å². The molecule has 0 saturated carbocycles. The molecule has 2 aromatic rings. The summed E-state index contributed by atoms with van der Waals surface area (Å²) in [6, 6.07) is 14.4. The van der Waals surface area contributed by atoms with E-state index in [1.165, 1.54) is 6.07 Å². The van der Waals surface area contributed by atoms with Gasteiger partial charge in [-0.05, 0) is 31.5 Å². The molecule has 120 valence electrons. The van der Waals surface area contributed by atoms with E-state index in [1.54, 1.807) is 12.1 Å². The van der Waals surface area contributed by atoms with E-state index in [2.05, 4.69) is 0 Å². The van der Waals surface area contributed by atoms with Crippen LogP contribution in [0, 0.1) is 12.7 Å². The fourth-order valence-corrected chi connectivity index (χ4v) is 3.08.